The molecule has 0 spiro atoms. The third-order valence-electron chi connectivity index (χ3n) is 4.29. The van der Waals surface area contributed by atoms with E-state index < -0.39 is 15.6 Å². The van der Waals surface area contributed by atoms with Crippen LogP contribution in [0.5, 0.6) is 0 Å². The van der Waals surface area contributed by atoms with E-state index in [1.54, 1.807) is 19.9 Å². The Balaban J connectivity index is 3.29. The highest BCUT2D eigenvalue weighted by atomic mass is 32.2. The van der Waals surface area contributed by atoms with Crippen LogP contribution in [0.2, 0.25) is 0 Å². The van der Waals surface area contributed by atoms with E-state index >= 15 is 0 Å². The van der Waals surface area contributed by atoms with E-state index in [2.05, 4.69) is 5.32 Å². The molecule has 0 saturated heterocycles. The predicted molar refractivity (Wildman–Crippen MR) is 87.1 cm³/mol. The van der Waals surface area contributed by atoms with Crippen molar-refractivity contribution in [2.24, 2.45) is 16.8 Å². The Labute approximate surface area is 132 Å². The fourth-order valence-corrected chi connectivity index (χ4v) is 2.90. The molecule has 7 heteroatoms. The molecule has 0 aliphatic carbocycles. The second-order valence-electron chi connectivity index (χ2n) is 6.19. The Morgan fingerprint density at radius 3 is 2.27 bits per heavy atom. The Morgan fingerprint density at radius 1 is 1.32 bits per heavy atom. The maximum Gasteiger partial charge on any atom is 0.251 e. The fraction of sp³-hybridized carbons (Fsp3) is 0.533. The summed E-state index contributed by atoms with van der Waals surface area (Å²) in [5.74, 6) is -0.236. The van der Waals surface area contributed by atoms with Gasteiger partial charge in [-0.25, -0.2) is 13.6 Å². The van der Waals surface area contributed by atoms with Gasteiger partial charge in [0, 0.05) is 12.1 Å². The SMILES string of the molecule is Cc1cc(C(=O)NC(C)(CN)C(C)C)cc(S(N)(=O)=O)c1C. The van der Waals surface area contributed by atoms with Crippen molar-refractivity contribution >= 4 is 15.9 Å². The summed E-state index contributed by atoms with van der Waals surface area (Å²) in [6.45, 7) is 9.47. The summed E-state index contributed by atoms with van der Waals surface area (Å²) in [6.07, 6.45) is 0. The molecule has 0 radical (unpaired) electrons. The molecule has 6 nitrogen and oxygen atoms in total. The molecule has 1 aromatic rings. The van der Waals surface area contributed by atoms with Crippen LogP contribution in [0, 0.1) is 19.8 Å². The standard InChI is InChI=1S/C15H25N3O3S/c1-9(2)15(5,8-16)18-14(19)12-6-10(3)11(4)13(7-12)22(17,20)21/h6-7,9H,8,16H2,1-5H3,(H,18,19)(H2,17,20,21). The number of sulfonamides is 1. The van der Waals surface area contributed by atoms with Crippen LogP contribution < -0.4 is 16.2 Å². The summed E-state index contributed by atoms with van der Waals surface area (Å²) >= 11 is 0. The van der Waals surface area contributed by atoms with E-state index in [0.29, 0.717) is 11.1 Å². The lowest BCUT2D eigenvalue weighted by molar-refractivity contribution is 0.0883. The quantitative estimate of drug-likeness (QED) is 0.749. The predicted octanol–water partition coefficient (Wildman–Crippen LogP) is 1.05. The molecule has 0 saturated carbocycles. The number of nitrogens with two attached hydrogens (primary N) is 2. The maximum absolute atomic E-state index is 12.5. The topological polar surface area (TPSA) is 115 Å². The first kappa shape index (κ1) is 18.6. The molecule has 1 amide bonds. The molecule has 1 aromatic carbocycles. The van der Waals surface area contributed by atoms with E-state index in [1.165, 1.54) is 6.07 Å². The van der Waals surface area contributed by atoms with Crippen molar-refractivity contribution in [3.63, 3.8) is 0 Å². The van der Waals surface area contributed by atoms with E-state index in [4.69, 9.17) is 10.9 Å². The van der Waals surface area contributed by atoms with Crippen molar-refractivity contribution in [3.8, 4) is 0 Å². The van der Waals surface area contributed by atoms with Crippen LogP contribution in [0.4, 0.5) is 0 Å². The number of rotatable bonds is 5. The summed E-state index contributed by atoms with van der Waals surface area (Å²) in [5.41, 5.74) is 6.68. The Morgan fingerprint density at radius 2 is 1.86 bits per heavy atom. The van der Waals surface area contributed by atoms with Gasteiger partial charge in [0.05, 0.1) is 10.4 Å². The fourth-order valence-electron chi connectivity index (χ4n) is 2.02. The smallest absolute Gasteiger partial charge is 0.251 e. The molecule has 1 rings (SSSR count). The van der Waals surface area contributed by atoms with Crippen molar-refractivity contribution in [2.45, 2.75) is 45.1 Å². The molecule has 0 aromatic heterocycles. The number of benzene rings is 1. The van der Waals surface area contributed by atoms with Gasteiger partial charge in [0.15, 0.2) is 0 Å². The lowest BCUT2D eigenvalue weighted by atomic mass is 9.88. The van der Waals surface area contributed by atoms with Gasteiger partial charge < -0.3 is 11.1 Å². The van der Waals surface area contributed by atoms with Gasteiger partial charge in [-0.2, -0.15) is 0 Å². The van der Waals surface area contributed by atoms with E-state index in [-0.39, 0.29) is 28.8 Å². The molecule has 0 aliphatic rings. The molecule has 124 valence electrons. The number of carbonyl (C=O) groups excluding carboxylic acids is 1. The number of nitrogens with one attached hydrogen (secondary N) is 1. The number of hydrogen-bond acceptors (Lipinski definition) is 4. The van der Waals surface area contributed by atoms with Gasteiger partial charge in [-0.15, -0.1) is 0 Å². The minimum Gasteiger partial charge on any atom is -0.345 e. The maximum atomic E-state index is 12.5. The van der Waals surface area contributed by atoms with Crippen LogP contribution in [-0.2, 0) is 10.0 Å². The van der Waals surface area contributed by atoms with Crippen molar-refractivity contribution < 1.29 is 13.2 Å². The lowest BCUT2D eigenvalue weighted by Gasteiger charge is -2.33. The summed E-state index contributed by atoms with van der Waals surface area (Å²) < 4.78 is 23.3. The van der Waals surface area contributed by atoms with Crippen LogP contribution in [0.15, 0.2) is 17.0 Å². The van der Waals surface area contributed by atoms with Crippen LogP contribution in [0.1, 0.15) is 42.3 Å². The van der Waals surface area contributed by atoms with Crippen molar-refractivity contribution in [1.82, 2.24) is 5.32 Å². The molecule has 1 unspecified atom stereocenters. The van der Waals surface area contributed by atoms with Crippen molar-refractivity contribution in [3.05, 3.63) is 28.8 Å². The van der Waals surface area contributed by atoms with Crippen LogP contribution in [0.25, 0.3) is 0 Å². The Bertz CT molecular complexity index is 684. The second-order valence-corrected chi connectivity index (χ2v) is 7.72. The van der Waals surface area contributed by atoms with Gasteiger partial charge in [0.2, 0.25) is 10.0 Å². The minimum atomic E-state index is -3.88. The van der Waals surface area contributed by atoms with Crippen LogP contribution >= 0.6 is 0 Å². The number of hydrogen-bond donors (Lipinski definition) is 3. The van der Waals surface area contributed by atoms with Gasteiger partial charge in [0.25, 0.3) is 5.91 Å². The molecular weight excluding hydrogens is 302 g/mol. The molecule has 1 atom stereocenters. The number of amides is 1. The number of carbonyl (C=O) groups is 1. The average molecular weight is 327 g/mol. The monoisotopic (exact) mass is 327 g/mol. The highest BCUT2D eigenvalue weighted by molar-refractivity contribution is 7.89. The second kappa shape index (κ2) is 6.36. The number of aryl methyl sites for hydroxylation is 1. The molecule has 0 aliphatic heterocycles. The normalized spacial score (nSPS) is 14.7. The Kier molecular flexibility index (Phi) is 5.38. The first-order chi connectivity index (χ1) is 9.92. The summed E-state index contributed by atoms with van der Waals surface area (Å²) in [5, 5.41) is 8.10. The molecule has 0 fully saturated rings. The Hall–Kier alpha value is -1.44. The molecule has 22 heavy (non-hydrogen) atoms. The van der Waals surface area contributed by atoms with Gasteiger partial charge in [-0.05, 0) is 49.9 Å². The molecule has 0 heterocycles. The third-order valence-corrected chi connectivity index (χ3v) is 5.32. The third kappa shape index (κ3) is 3.85. The van der Waals surface area contributed by atoms with E-state index in [0.717, 1.165) is 0 Å². The zero-order chi connectivity index (χ0) is 17.3. The van der Waals surface area contributed by atoms with Crippen LogP contribution in [0.3, 0.4) is 0 Å². The molecule has 5 N–H and O–H groups in total. The number of primary sulfonamides is 1. The molecular formula is C15H25N3O3S. The zero-order valence-corrected chi connectivity index (χ0v) is 14.5. The first-order valence-electron chi connectivity index (χ1n) is 7.09. The van der Waals surface area contributed by atoms with Crippen molar-refractivity contribution in [2.75, 3.05) is 6.54 Å². The van der Waals surface area contributed by atoms with Gasteiger partial charge in [0.1, 0.15) is 0 Å². The zero-order valence-electron chi connectivity index (χ0n) is 13.7. The largest absolute Gasteiger partial charge is 0.345 e. The van der Waals surface area contributed by atoms with Gasteiger partial charge >= 0.3 is 0 Å². The highest BCUT2D eigenvalue weighted by Crippen LogP contribution is 2.21. The van der Waals surface area contributed by atoms with Gasteiger partial charge in [-0.1, -0.05) is 13.8 Å². The highest BCUT2D eigenvalue weighted by Gasteiger charge is 2.29. The minimum absolute atomic E-state index is 0.0309. The van der Waals surface area contributed by atoms with Crippen molar-refractivity contribution in [1.29, 1.82) is 0 Å². The lowest BCUT2D eigenvalue weighted by Crippen LogP contribution is -2.55. The summed E-state index contributed by atoms with van der Waals surface area (Å²) in [6, 6.07) is 2.96. The summed E-state index contributed by atoms with van der Waals surface area (Å²) in [7, 11) is -3.88. The average Bonchev–Trinajstić information content (AvgIpc) is 2.39. The molecule has 0 bridgehead atoms. The van der Waals surface area contributed by atoms with E-state index in [9.17, 15) is 13.2 Å². The van der Waals surface area contributed by atoms with E-state index in [1.807, 2.05) is 20.8 Å². The van der Waals surface area contributed by atoms with Gasteiger partial charge in [-0.3, -0.25) is 4.79 Å². The van der Waals surface area contributed by atoms with Crippen LogP contribution in [-0.4, -0.2) is 26.4 Å². The first-order valence-corrected chi connectivity index (χ1v) is 8.63. The summed E-state index contributed by atoms with van der Waals surface area (Å²) in [4.78, 5) is 12.4.